The van der Waals surface area contributed by atoms with E-state index in [0.717, 1.165) is 16.5 Å². The normalized spacial score (nSPS) is 12.5. The number of rotatable bonds is 6. The highest BCUT2D eigenvalue weighted by Gasteiger charge is 2.14. The van der Waals surface area contributed by atoms with Crippen molar-refractivity contribution >= 4 is 36.8 Å². The van der Waals surface area contributed by atoms with E-state index in [0.29, 0.717) is 6.54 Å². The summed E-state index contributed by atoms with van der Waals surface area (Å²) in [7, 11) is -2.86. The molecule has 0 aliphatic carbocycles. The predicted molar refractivity (Wildman–Crippen MR) is 72.6 cm³/mol. The molecule has 1 rings (SSSR count). The molecule has 0 atom stereocenters. The van der Waals surface area contributed by atoms with Crippen molar-refractivity contribution in [3.63, 3.8) is 0 Å². The Morgan fingerprint density at radius 1 is 1.67 bits per heavy atom. The lowest BCUT2D eigenvalue weighted by Gasteiger charge is -2.11. The van der Waals surface area contributed by atoms with Gasteiger partial charge in [0.2, 0.25) is 0 Å². The third-order valence-electron chi connectivity index (χ3n) is 1.64. The molecule has 0 aromatic carbocycles. The molecule has 0 aliphatic rings. The molecule has 18 heavy (non-hydrogen) atoms. The van der Waals surface area contributed by atoms with Crippen molar-refractivity contribution in [3.05, 3.63) is 10.5 Å². The quantitative estimate of drug-likeness (QED) is 0.251. The highest BCUT2D eigenvalue weighted by atomic mass is 32.2. The minimum absolute atomic E-state index is 0.0832. The summed E-state index contributed by atoms with van der Waals surface area (Å²) >= 11 is 3.15. The second-order valence-electron chi connectivity index (χ2n) is 3.04. The minimum atomic E-state index is -4.30. The average molecular weight is 311 g/mol. The number of nitrogens with one attached hydrogen (secondary N) is 2. The molecule has 8 nitrogen and oxygen atoms in total. The van der Waals surface area contributed by atoms with Gasteiger partial charge in [0.05, 0.1) is 0 Å². The molecule has 1 heterocycles. The van der Waals surface area contributed by atoms with Crippen molar-refractivity contribution in [1.29, 1.82) is 0 Å². The Labute approximate surface area is 113 Å². The van der Waals surface area contributed by atoms with Gasteiger partial charge in [-0.2, -0.15) is 11.8 Å². The van der Waals surface area contributed by atoms with Crippen LogP contribution in [0.3, 0.4) is 0 Å². The van der Waals surface area contributed by atoms with Crippen LogP contribution in [0.5, 0.6) is 0 Å². The van der Waals surface area contributed by atoms with Crippen molar-refractivity contribution < 1.29 is 14.4 Å². The topological polar surface area (TPSA) is 120 Å². The lowest BCUT2D eigenvalue weighted by Crippen LogP contribution is -2.36. The van der Waals surface area contributed by atoms with Crippen LogP contribution in [0.15, 0.2) is 10.5 Å². The van der Waals surface area contributed by atoms with Gasteiger partial charge in [0.1, 0.15) is 10.5 Å². The fourth-order valence-electron chi connectivity index (χ4n) is 0.966. The van der Waals surface area contributed by atoms with Crippen LogP contribution in [-0.4, -0.2) is 45.3 Å². The highest BCUT2D eigenvalue weighted by molar-refractivity contribution is 7.98. The number of nitrogens with zero attached hydrogens (tertiary/aromatic N) is 3. The molecule has 4 N–H and O–H groups in total. The van der Waals surface area contributed by atoms with E-state index in [9.17, 15) is 4.57 Å². The summed E-state index contributed by atoms with van der Waals surface area (Å²) in [6.45, 7) is 0.545. The van der Waals surface area contributed by atoms with Gasteiger partial charge in [0, 0.05) is 25.1 Å². The molecule has 0 saturated heterocycles. The van der Waals surface area contributed by atoms with Gasteiger partial charge in [0.25, 0.3) is 0 Å². The van der Waals surface area contributed by atoms with Gasteiger partial charge < -0.3 is 15.1 Å². The molecule has 102 valence electrons. The van der Waals surface area contributed by atoms with E-state index in [1.807, 2.05) is 5.09 Å². The molecule has 1 aromatic heterocycles. The van der Waals surface area contributed by atoms with E-state index in [-0.39, 0.29) is 5.96 Å². The number of hydrogen-bond donors (Lipinski definition) is 4. The molecule has 0 aliphatic heterocycles. The van der Waals surface area contributed by atoms with Crippen LogP contribution in [0.4, 0.5) is 0 Å². The van der Waals surface area contributed by atoms with Gasteiger partial charge in [-0.1, -0.05) is 0 Å². The van der Waals surface area contributed by atoms with Gasteiger partial charge in [-0.15, -0.1) is 21.5 Å². The lowest BCUT2D eigenvalue weighted by atomic mass is 10.7. The first-order valence-corrected chi connectivity index (χ1v) is 8.53. The Morgan fingerprint density at radius 3 is 3.00 bits per heavy atom. The summed E-state index contributed by atoms with van der Waals surface area (Å²) in [5.41, 5.74) is 1.68. The fourth-order valence-corrected chi connectivity index (χ4v) is 2.88. The molecular formula is C7H14N5O3PS2. The van der Waals surface area contributed by atoms with Crippen LogP contribution in [0.1, 0.15) is 5.01 Å². The first-order valence-electron chi connectivity index (χ1n) is 4.88. The average Bonchev–Trinajstić information content (AvgIpc) is 2.78. The Morgan fingerprint density at radius 2 is 2.44 bits per heavy atom. The maximum Gasteiger partial charge on any atom is 0.429 e. The maximum atomic E-state index is 10.7. The molecule has 0 radical (unpaired) electrons. The van der Waals surface area contributed by atoms with Crippen LogP contribution in [0.25, 0.3) is 0 Å². The first-order chi connectivity index (χ1) is 8.51. The molecular weight excluding hydrogens is 297 g/mol. The summed E-state index contributed by atoms with van der Waals surface area (Å²) in [5, 5.41) is 13.4. The Kier molecular flexibility index (Phi) is 6.58. The summed E-state index contributed by atoms with van der Waals surface area (Å²) in [5.74, 6) is 1.62. The fraction of sp³-hybridized carbons (Fsp3) is 0.571. The van der Waals surface area contributed by atoms with Gasteiger partial charge in [-0.3, -0.25) is 10.1 Å². The summed E-state index contributed by atoms with van der Waals surface area (Å²) in [6.07, 6.45) is 0. The maximum absolute atomic E-state index is 10.7. The van der Waals surface area contributed by atoms with Crippen LogP contribution in [0.2, 0.25) is 0 Å². The smallest absolute Gasteiger partial charge is 0.355 e. The number of thioether (sulfide) groups is 1. The highest BCUT2D eigenvalue weighted by Crippen LogP contribution is 2.27. The Bertz CT molecular complexity index is 421. The second-order valence-corrected chi connectivity index (χ2v) is 6.37. The molecule has 0 unspecified atom stereocenters. The van der Waals surface area contributed by atoms with Crippen molar-refractivity contribution in [2.75, 3.05) is 19.3 Å². The van der Waals surface area contributed by atoms with E-state index < -0.39 is 7.75 Å². The van der Waals surface area contributed by atoms with Crippen LogP contribution in [0, 0.1) is 0 Å². The molecule has 1 aromatic rings. The Hall–Kier alpha value is -0.670. The molecule has 0 spiro atoms. The summed E-state index contributed by atoms with van der Waals surface area (Å²) in [6, 6.07) is 0. The van der Waals surface area contributed by atoms with Crippen LogP contribution < -0.4 is 10.4 Å². The first kappa shape index (κ1) is 15.4. The molecule has 0 bridgehead atoms. The molecule has 0 fully saturated rings. The van der Waals surface area contributed by atoms with Crippen LogP contribution in [-0.2, 0) is 10.3 Å². The molecule has 11 heteroatoms. The summed E-state index contributed by atoms with van der Waals surface area (Å²) < 4.78 is 10.7. The van der Waals surface area contributed by atoms with Crippen molar-refractivity contribution in [1.82, 2.24) is 20.6 Å². The number of guanidine groups is 1. The Balaban J connectivity index is 2.14. The monoisotopic (exact) mass is 311 g/mol. The number of aliphatic imine (C=N–C) groups is 1. The van der Waals surface area contributed by atoms with E-state index in [1.165, 1.54) is 18.4 Å². The van der Waals surface area contributed by atoms with Crippen molar-refractivity contribution in [2.45, 2.75) is 5.75 Å². The van der Waals surface area contributed by atoms with Gasteiger partial charge in [-0.25, -0.2) is 4.57 Å². The van der Waals surface area contributed by atoms with E-state index in [1.54, 1.807) is 17.3 Å². The molecule has 0 amide bonds. The zero-order valence-corrected chi connectivity index (χ0v) is 12.1. The van der Waals surface area contributed by atoms with Gasteiger partial charge in [-0.05, 0) is 0 Å². The number of hydrogen-bond acceptors (Lipinski definition) is 6. The SMILES string of the molecule is CN=C(NCCSCc1nncs1)NP(=O)(O)O. The third kappa shape index (κ3) is 6.92. The standard InChI is InChI=1S/C7H14N5O3PS2/c1-8-7(12-16(13,14)15)9-2-3-17-4-6-11-10-5-18-6/h5H,2-4H2,1H3,(H4,8,9,12,13,14,15). The van der Waals surface area contributed by atoms with Crippen LogP contribution >= 0.6 is 30.8 Å². The second kappa shape index (κ2) is 7.70. The van der Waals surface area contributed by atoms with E-state index in [4.69, 9.17) is 9.79 Å². The van der Waals surface area contributed by atoms with E-state index in [2.05, 4.69) is 20.5 Å². The number of aromatic nitrogens is 2. The minimum Gasteiger partial charge on any atom is -0.355 e. The van der Waals surface area contributed by atoms with Crippen molar-refractivity contribution in [3.8, 4) is 0 Å². The van der Waals surface area contributed by atoms with Crippen molar-refractivity contribution in [2.24, 2.45) is 4.99 Å². The third-order valence-corrected chi connectivity index (χ3v) is 4.00. The predicted octanol–water partition coefficient (Wildman–Crippen LogP) is 0.0290. The largest absolute Gasteiger partial charge is 0.429 e. The summed E-state index contributed by atoms with van der Waals surface area (Å²) in [4.78, 5) is 21.1. The van der Waals surface area contributed by atoms with Gasteiger partial charge in [0.15, 0.2) is 5.96 Å². The lowest BCUT2D eigenvalue weighted by molar-refractivity contribution is 0.366. The van der Waals surface area contributed by atoms with E-state index >= 15 is 0 Å². The zero-order chi connectivity index (χ0) is 13.4. The zero-order valence-electron chi connectivity index (χ0n) is 9.61. The molecule has 0 saturated carbocycles. The van der Waals surface area contributed by atoms with Gasteiger partial charge >= 0.3 is 7.75 Å².